The third kappa shape index (κ3) is 3.14. The van der Waals surface area contributed by atoms with Gasteiger partial charge in [-0.2, -0.15) is 0 Å². The maximum Gasteiger partial charge on any atom is 0.254 e. The topological polar surface area (TPSA) is 75.4 Å². The van der Waals surface area contributed by atoms with Gasteiger partial charge in [-0.1, -0.05) is 0 Å². The summed E-state index contributed by atoms with van der Waals surface area (Å²) in [5, 5.41) is 2.88. The molecule has 1 aliphatic heterocycles. The summed E-state index contributed by atoms with van der Waals surface area (Å²) in [5.41, 5.74) is 7.13. The van der Waals surface area contributed by atoms with E-state index in [-0.39, 0.29) is 23.8 Å². The van der Waals surface area contributed by atoms with Gasteiger partial charge in [-0.05, 0) is 62.9 Å². The Bertz CT molecular complexity index is 566. The molecule has 1 heterocycles. The lowest BCUT2D eigenvalue weighted by Crippen LogP contribution is -2.34. The zero-order valence-corrected chi connectivity index (χ0v) is 12.9. The predicted octanol–water partition coefficient (Wildman–Crippen LogP) is 1.84. The number of likely N-dealkylation sites (tertiary alicyclic amines) is 1. The third-order valence-corrected chi connectivity index (χ3v) is 4.60. The first-order valence-electron chi connectivity index (χ1n) is 8.00. The molecule has 2 amide bonds. The first kappa shape index (κ1) is 15.0. The molecule has 1 aromatic rings. The van der Waals surface area contributed by atoms with Crippen LogP contribution >= 0.6 is 0 Å². The average molecular weight is 301 g/mol. The summed E-state index contributed by atoms with van der Waals surface area (Å²) in [6, 6.07) is 7.40. The largest absolute Gasteiger partial charge is 0.336 e. The predicted molar refractivity (Wildman–Crippen MR) is 85.5 cm³/mol. The summed E-state index contributed by atoms with van der Waals surface area (Å²) in [7, 11) is 0. The van der Waals surface area contributed by atoms with E-state index < -0.39 is 0 Å². The second-order valence-corrected chi connectivity index (χ2v) is 6.48. The second-order valence-electron chi connectivity index (χ2n) is 6.48. The van der Waals surface area contributed by atoms with Crippen LogP contribution in [0, 0.1) is 11.8 Å². The summed E-state index contributed by atoms with van der Waals surface area (Å²) in [4.78, 5) is 26.2. The molecule has 2 atom stereocenters. The van der Waals surface area contributed by atoms with E-state index in [1.165, 1.54) is 0 Å². The first-order valence-corrected chi connectivity index (χ1v) is 8.00. The van der Waals surface area contributed by atoms with Gasteiger partial charge in [-0.15, -0.1) is 0 Å². The van der Waals surface area contributed by atoms with Gasteiger partial charge in [0, 0.05) is 29.8 Å². The van der Waals surface area contributed by atoms with Crippen LogP contribution < -0.4 is 11.1 Å². The van der Waals surface area contributed by atoms with Crippen molar-refractivity contribution in [3.63, 3.8) is 0 Å². The molecule has 1 aliphatic carbocycles. The van der Waals surface area contributed by atoms with Crippen LogP contribution in [0.2, 0.25) is 0 Å². The first-order chi connectivity index (χ1) is 10.6. The van der Waals surface area contributed by atoms with E-state index in [4.69, 9.17) is 5.73 Å². The standard InChI is InChI=1S/C17H23N3O2/c1-11-8-12(9-18)10-20(11)17(22)14-4-6-15(7-5-14)19-16(21)13-2-3-13/h4-7,11-13H,2-3,8-10,18H2,1H3,(H,19,21). The zero-order chi connectivity index (χ0) is 15.7. The lowest BCUT2D eigenvalue weighted by atomic mass is 10.1. The van der Waals surface area contributed by atoms with Crippen molar-refractivity contribution in [3.8, 4) is 0 Å². The van der Waals surface area contributed by atoms with Crippen molar-refractivity contribution >= 4 is 17.5 Å². The molecule has 22 heavy (non-hydrogen) atoms. The Labute approximate surface area is 130 Å². The van der Waals surface area contributed by atoms with Crippen molar-refractivity contribution in [2.75, 3.05) is 18.4 Å². The van der Waals surface area contributed by atoms with Crippen LogP contribution in [0.1, 0.15) is 36.5 Å². The number of nitrogens with two attached hydrogens (primary N) is 1. The minimum Gasteiger partial charge on any atom is -0.336 e. The summed E-state index contributed by atoms with van der Waals surface area (Å²) in [5.74, 6) is 0.706. The van der Waals surface area contributed by atoms with Crippen molar-refractivity contribution in [3.05, 3.63) is 29.8 Å². The number of nitrogens with zero attached hydrogens (tertiary/aromatic N) is 1. The molecule has 3 rings (SSSR count). The Hall–Kier alpha value is -1.88. The van der Waals surface area contributed by atoms with Gasteiger partial charge >= 0.3 is 0 Å². The Balaban J connectivity index is 1.64. The summed E-state index contributed by atoms with van der Waals surface area (Å²) >= 11 is 0. The molecular weight excluding hydrogens is 278 g/mol. The van der Waals surface area contributed by atoms with Crippen molar-refractivity contribution in [2.45, 2.75) is 32.2 Å². The lowest BCUT2D eigenvalue weighted by molar-refractivity contribution is -0.117. The molecule has 1 saturated heterocycles. The minimum atomic E-state index is 0.0449. The van der Waals surface area contributed by atoms with E-state index in [0.29, 0.717) is 18.0 Å². The lowest BCUT2D eigenvalue weighted by Gasteiger charge is -2.21. The molecule has 2 aliphatic rings. The highest BCUT2D eigenvalue weighted by atomic mass is 16.2. The molecule has 5 nitrogen and oxygen atoms in total. The second kappa shape index (κ2) is 6.08. The van der Waals surface area contributed by atoms with Gasteiger partial charge in [0.2, 0.25) is 5.91 Å². The molecule has 0 radical (unpaired) electrons. The van der Waals surface area contributed by atoms with Crippen LogP contribution in [0.25, 0.3) is 0 Å². The van der Waals surface area contributed by atoms with Crippen molar-refractivity contribution in [1.29, 1.82) is 0 Å². The zero-order valence-electron chi connectivity index (χ0n) is 12.9. The monoisotopic (exact) mass is 301 g/mol. The highest BCUT2D eigenvalue weighted by molar-refractivity contribution is 5.97. The Kier molecular flexibility index (Phi) is 4.16. The summed E-state index contributed by atoms with van der Waals surface area (Å²) in [6.07, 6.45) is 2.94. The van der Waals surface area contributed by atoms with Crippen LogP contribution in [-0.2, 0) is 4.79 Å². The number of amides is 2. The highest BCUT2D eigenvalue weighted by Gasteiger charge is 2.32. The van der Waals surface area contributed by atoms with Gasteiger partial charge in [0.25, 0.3) is 5.91 Å². The number of hydrogen-bond donors (Lipinski definition) is 2. The molecule has 1 aromatic carbocycles. The van der Waals surface area contributed by atoms with Gasteiger partial charge in [-0.3, -0.25) is 9.59 Å². The fourth-order valence-electron chi connectivity index (χ4n) is 3.05. The number of carbonyl (C=O) groups excluding carboxylic acids is 2. The fourth-order valence-corrected chi connectivity index (χ4v) is 3.05. The molecule has 1 saturated carbocycles. The van der Waals surface area contributed by atoms with Gasteiger partial charge < -0.3 is 16.0 Å². The SMILES string of the molecule is CC1CC(CN)CN1C(=O)c1ccc(NC(=O)C2CC2)cc1. The quantitative estimate of drug-likeness (QED) is 0.891. The van der Waals surface area contributed by atoms with Gasteiger partial charge in [-0.25, -0.2) is 0 Å². The van der Waals surface area contributed by atoms with Crippen LogP contribution in [-0.4, -0.2) is 35.8 Å². The third-order valence-electron chi connectivity index (χ3n) is 4.60. The van der Waals surface area contributed by atoms with Gasteiger partial charge in [0.1, 0.15) is 0 Å². The van der Waals surface area contributed by atoms with Crippen LogP contribution in [0.15, 0.2) is 24.3 Å². The molecule has 0 aromatic heterocycles. The molecule has 5 heteroatoms. The molecule has 3 N–H and O–H groups in total. The maximum atomic E-state index is 12.6. The number of rotatable bonds is 4. The number of nitrogens with one attached hydrogen (secondary N) is 1. The van der Waals surface area contributed by atoms with Crippen LogP contribution in [0.4, 0.5) is 5.69 Å². The van der Waals surface area contributed by atoms with Crippen molar-refractivity contribution in [2.24, 2.45) is 17.6 Å². The average Bonchev–Trinajstić information content (AvgIpc) is 3.30. The van der Waals surface area contributed by atoms with E-state index in [1.54, 1.807) is 24.3 Å². The Morgan fingerprint density at radius 2 is 1.95 bits per heavy atom. The van der Waals surface area contributed by atoms with E-state index in [9.17, 15) is 9.59 Å². The molecular formula is C17H23N3O2. The Morgan fingerprint density at radius 3 is 2.50 bits per heavy atom. The molecule has 2 unspecified atom stereocenters. The van der Waals surface area contributed by atoms with E-state index in [2.05, 4.69) is 12.2 Å². The highest BCUT2D eigenvalue weighted by Crippen LogP contribution is 2.30. The van der Waals surface area contributed by atoms with Crippen molar-refractivity contribution in [1.82, 2.24) is 4.90 Å². The number of hydrogen-bond acceptors (Lipinski definition) is 3. The molecule has 118 valence electrons. The van der Waals surface area contributed by atoms with Crippen LogP contribution in [0.3, 0.4) is 0 Å². The molecule has 0 bridgehead atoms. The van der Waals surface area contributed by atoms with E-state index >= 15 is 0 Å². The van der Waals surface area contributed by atoms with Crippen LogP contribution in [0.5, 0.6) is 0 Å². The van der Waals surface area contributed by atoms with E-state index in [0.717, 1.165) is 31.5 Å². The normalized spacial score (nSPS) is 24.4. The maximum absolute atomic E-state index is 12.6. The number of anilines is 1. The fraction of sp³-hybridized carbons (Fsp3) is 0.529. The van der Waals surface area contributed by atoms with Crippen molar-refractivity contribution < 1.29 is 9.59 Å². The summed E-state index contributed by atoms with van der Waals surface area (Å²) < 4.78 is 0. The smallest absolute Gasteiger partial charge is 0.254 e. The molecule has 2 fully saturated rings. The number of carbonyl (C=O) groups is 2. The molecule has 0 spiro atoms. The Morgan fingerprint density at radius 1 is 1.27 bits per heavy atom. The summed E-state index contributed by atoms with van der Waals surface area (Å²) in [6.45, 7) is 3.43. The van der Waals surface area contributed by atoms with Gasteiger partial charge in [0.15, 0.2) is 0 Å². The number of benzene rings is 1. The minimum absolute atomic E-state index is 0.0449. The van der Waals surface area contributed by atoms with E-state index in [1.807, 2.05) is 4.90 Å². The van der Waals surface area contributed by atoms with Gasteiger partial charge in [0.05, 0.1) is 0 Å².